The van der Waals surface area contributed by atoms with Crippen LogP contribution in [0.15, 0.2) is 60.0 Å². The van der Waals surface area contributed by atoms with Crippen molar-refractivity contribution in [1.29, 1.82) is 0 Å². The summed E-state index contributed by atoms with van der Waals surface area (Å²) >= 11 is 1.67. The van der Waals surface area contributed by atoms with Crippen molar-refractivity contribution in [3.05, 3.63) is 76.0 Å². The van der Waals surface area contributed by atoms with Crippen LogP contribution in [0, 0.1) is 0 Å². The Morgan fingerprint density at radius 2 is 1.96 bits per heavy atom. The fraction of sp³-hybridized carbons (Fsp3) is 0.190. The second-order valence-electron chi connectivity index (χ2n) is 6.19. The van der Waals surface area contributed by atoms with Crippen LogP contribution in [0.2, 0.25) is 0 Å². The van der Waals surface area contributed by atoms with Crippen LogP contribution in [0.1, 0.15) is 28.3 Å². The summed E-state index contributed by atoms with van der Waals surface area (Å²) in [5.74, 6) is 1.48. The second-order valence-corrected chi connectivity index (χ2v) is 7.14. The van der Waals surface area contributed by atoms with Gasteiger partial charge in [0.1, 0.15) is 6.61 Å². The zero-order valence-electron chi connectivity index (χ0n) is 14.4. The first-order valence-corrected chi connectivity index (χ1v) is 9.34. The lowest BCUT2D eigenvalue weighted by molar-refractivity contribution is -0.116. The van der Waals surface area contributed by atoms with Gasteiger partial charge in [-0.2, -0.15) is 0 Å². The Labute approximate surface area is 156 Å². The van der Waals surface area contributed by atoms with Crippen molar-refractivity contribution in [2.45, 2.75) is 18.9 Å². The van der Waals surface area contributed by atoms with E-state index in [2.05, 4.69) is 5.32 Å². The average Bonchev–Trinajstić information content (AvgIpc) is 3.14. The number of thiophene rings is 1. The van der Waals surface area contributed by atoms with Crippen LogP contribution >= 0.6 is 11.3 Å². The molecule has 26 heavy (non-hydrogen) atoms. The first-order valence-electron chi connectivity index (χ1n) is 8.46. The molecule has 4 nitrogen and oxygen atoms in total. The van der Waals surface area contributed by atoms with Gasteiger partial charge in [-0.1, -0.05) is 36.4 Å². The summed E-state index contributed by atoms with van der Waals surface area (Å²) in [7, 11) is 1.64. The maximum absolute atomic E-state index is 12.0. The summed E-state index contributed by atoms with van der Waals surface area (Å²) in [5, 5.41) is 4.95. The van der Waals surface area contributed by atoms with E-state index >= 15 is 0 Å². The van der Waals surface area contributed by atoms with Crippen molar-refractivity contribution < 1.29 is 14.3 Å². The summed E-state index contributed by atoms with van der Waals surface area (Å²) < 4.78 is 11.5. The summed E-state index contributed by atoms with van der Waals surface area (Å²) in [6.45, 7) is 0.484. The largest absolute Gasteiger partial charge is 0.493 e. The van der Waals surface area contributed by atoms with Crippen molar-refractivity contribution in [1.82, 2.24) is 0 Å². The van der Waals surface area contributed by atoms with Gasteiger partial charge in [0.2, 0.25) is 5.91 Å². The smallest absolute Gasteiger partial charge is 0.225 e. The average molecular weight is 365 g/mol. The standard InChI is InChI=1S/C21H19NO3S/c1-24-19-11-15(16-12-20(23)22-17-9-10-26-21(16)17)7-8-18(19)25-13-14-5-3-2-4-6-14/h2-11,16H,12-13H2,1H3,(H,22,23)/t16-/m0/s1. The molecular weight excluding hydrogens is 346 g/mol. The van der Waals surface area contributed by atoms with E-state index in [1.807, 2.05) is 60.0 Å². The van der Waals surface area contributed by atoms with Gasteiger partial charge in [-0.15, -0.1) is 11.3 Å². The molecular formula is C21H19NO3S. The first kappa shape index (κ1) is 16.7. The highest BCUT2D eigenvalue weighted by Gasteiger charge is 2.28. The fourth-order valence-electron chi connectivity index (χ4n) is 3.20. The van der Waals surface area contributed by atoms with Gasteiger partial charge >= 0.3 is 0 Å². The molecule has 2 aromatic carbocycles. The van der Waals surface area contributed by atoms with Crippen LogP contribution in [-0.4, -0.2) is 13.0 Å². The Hall–Kier alpha value is -2.79. The van der Waals surface area contributed by atoms with Crippen molar-refractivity contribution in [2.24, 2.45) is 0 Å². The van der Waals surface area contributed by atoms with Gasteiger partial charge in [0.15, 0.2) is 11.5 Å². The minimum atomic E-state index is 0.0456. The molecule has 132 valence electrons. The van der Waals surface area contributed by atoms with Crippen LogP contribution in [0.3, 0.4) is 0 Å². The van der Waals surface area contributed by atoms with E-state index in [9.17, 15) is 4.79 Å². The quantitative estimate of drug-likeness (QED) is 0.706. The van der Waals surface area contributed by atoms with Gasteiger partial charge < -0.3 is 14.8 Å². The highest BCUT2D eigenvalue weighted by molar-refractivity contribution is 7.10. The van der Waals surface area contributed by atoms with E-state index in [1.165, 1.54) is 4.88 Å². The van der Waals surface area contributed by atoms with Gasteiger partial charge in [-0.05, 0) is 34.7 Å². The van der Waals surface area contributed by atoms with E-state index in [0.717, 1.165) is 16.8 Å². The molecule has 2 heterocycles. The molecule has 0 spiro atoms. The number of anilines is 1. The summed E-state index contributed by atoms with van der Waals surface area (Å²) in [4.78, 5) is 13.2. The van der Waals surface area contributed by atoms with E-state index < -0.39 is 0 Å². The normalized spacial score (nSPS) is 15.9. The van der Waals surface area contributed by atoms with Crippen molar-refractivity contribution >= 4 is 22.9 Å². The van der Waals surface area contributed by atoms with Crippen LogP contribution in [0.25, 0.3) is 0 Å². The molecule has 1 aromatic heterocycles. The number of carbonyl (C=O) groups excluding carboxylic acids is 1. The summed E-state index contributed by atoms with van der Waals surface area (Å²) in [5.41, 5.74) is 3.08. The number of methoxy groups -OCH3 is 1. The molecule has 1 aliphatic rings. The number of nitrogens with one attached hydrogen (secondary N) is 1. The van der Waals surface area contributed by atoms with Crippen LogP contribution in [0.4, 0.5) is 5.69 Å². The zero-order valence-corrected chi connectivity index (χ0v) is 15.2. The lowest BCUT2D eigenvalue weighted by Gasteiger charge is -2.23. The topological polar surface area (TPSA) is 47.6 Å². The summed E-state index contributed by atoms with van der Waals surface area (Å²) in [6, 6.07) is 17.9. The molecule has 5 heteroatoms. The number of carbonyl (C=O) groups is 1. The molecule has 0 unspecified atom stereocenters. The van der Waals surface area contributed by atoms with E-state index in [4.69, 9.17) is 9.47 Å². The number of benzene rings is 2. The Kier molecular flexibility index (Phi) is 4.63. The minimum absolute atomic E-state index is 0.0456. The van der Waals surface area contributed by atoms with Crippen LogP contribution < -0.4 is 14.8 Å². The predicted octanol–water partition coefficient (Wildman–Crippen LogP) is 4.81. The molecule has 1 aliphatic heterocycles. The van der Waals surface area contributed by atoms with Gasteiger partial charge in [0.25, 0.3) is 0 Å². The van der Waals surface area contributed by atoms with Gasteiger partial charge in [0, 0.05) is 17.2 Å². The van der Waals surface area contributed by atoms with E-state index in [1.54, 1.807) is 18.4 Å². The molecule has 0 aliphatic carbocycles. The number of fused-ring (bicyclic) bond motifs is 1. The third-order valence-electron chi connectivity index (χ3n) is 4.50. The minimum Gasteiger partial charge on any atom is -0.493 e. The monoisotopic (exact) mass is 365 g/mol. The second kappa shape index (κ2) is 7.22. The molecule has 0 saturated carbocycles. The van der Waals surface area contributed by atoms with Crippen LogP contribution in [0.5, 0.6) is 11.5 Å². The Balaban J connectivity index is 1.59. The van der Waals surface area contributed by atoms with Crippen molar-refractivity contribution in [3.8, 4) is 11.5 Å². The van der Waals surface area contributed by atoms with Crippen molar-refractivity contribution in [2.75, 3.05) is 12.4 Å². The third-order valence-corrected chi connectivity index (χ3v) is 5.53. The molecule has 0 fully saturated rings. The number of ether oxygens (including phenoxy) is 2. The Morgan fingerprint density at radius 1 is 1.12 bits per heavy atom. The number of amides is 1. The maximum atomic E-state index is 12.0. The zero-order chi connectivity index (χ0) is 17.9. The molecule has 1 atom stereocenters. The van der Waals surface area contributed by atoms with Crippen LogP contribution in [-0.2, 0) is 11.4 Å². The highest BCUT2D eigenvalue weighted by atomic mass is 32.1. The molecule has 0 saturated heterocycles. The van der Waals surface area contributed by atoms with Crippen molar-refractivity contribution in [3.63, 3.8) is 0 Å². The molecule has 1 N–H and O–H groups in total. The van der Waals surface area contributed by atoms with E-state index in [-0.39, 0.29) is 11.8 Å². The maximum Gasteiger partial charge on any atom is 0.225 e. The lowest BCUT2D eigenvalue weighted by Crippen LogP contribution is -2.21. The molecule has 0 bridgehead atoms. The number of hydrogen-bond donors (Lipinski definition) is 1. The van der Waals surface area contributed by atoms with Gasteiger partial charge in [0.05, 0.1) is 12.8 Å². The van der Waals surface area contributed by atoms with Gasteiger partial charge in [-0.3, -0.25) is 4.79 Å². The Bertz CT molecular complexity index is 920. The number of hydrogen-bond acceptors (Lipinski definition) is 4. The molecule has 4 rings (SSSR count). The predicted molar refractivity (Wildman–Crippen MR) is 103 cm³/mol. The lowest BCUT2D eigenvalue weighted by atomic mass is 9.90. The highest BCUT2D eigenvalue weighted by Crippen LogP contribution is 2.42. The summed E-state index contributed by atoms with van der Waals surface area (Å²) in [6.07, 6.45) is 0.445. The molecule has 3 aromatic rings. The molecule has 0 radical (unpaired) electrons. The molecule has 1 amide bonds. The first-order chi connectivity index (χ1) is 12.7. The van der Waals surface area contributed by atoms with E-state index in [0.29, 0.717) is 24.5 Å². The third kappa shape index (κ3) is 3.30. The Morgan fingerprint density at radius 3 is 2.77 bits per heavy atom. The van der Waals surface area contributed by atoms with Gasteiger partial charge in [-0.25, -0.2) is 0 Å². The number of rotatable bonds is 5. The SMILES string of the molecule is COc1cc([C@@H]2CC(=O)Nc3ccsc32)ccc1OCc1ccccc1. The fourth-order valence-corrected chi connectivity index (χ4v) is 4.18.